The smallest absolute Gasteiger partial charge is 0.309 e. The maximum absolute atomic E-state index is 12.6. The van der Waals surface area contributed by atoms with E-state index >= 15 is 0 Å². The number of ketones is 1. The van der Waals surface area contributed by atoms with E-state index in [0.29, 0.717) is 35.0 Å². The normalized spacial score (nSPS) is 28.7. The van der Waals surface area contributed by atoms with Gasteiger partial charge in [0.2, 0.25) is 11.8 Å². The number of nitrogens with two attached hydrogens (primary N) is 1. The topological polar surface area (TPSA) is 159 Å². The van der Waals surface area contributed by atoms with Crippen LogP contribution in [0.3, 0.4) is 0 Å². The number of amides is 2. The Morgan fingerprint density at radius 3 is 1.52 bits per heavy atom. The minimum absolute atomic E-state index is 0.0297. The summed E-state index contributed by atoms with van der Waals surface area (Å²) in [7, 11) is 0. The highest BCUT2D eigenvalue weighted by Gasteiger charge is 2.47. The van der Waals surface area contributed by atoms with Crippen LogP contribution in [0, 0.1) is 32.5 Å². The number of carbonyl (C=O) groups excluding carboxylic acids is 3. The van der Waals surface area contributed by atoms with E-state index in [4.69, 9.17) is 34.0 Å². The van der Waals surface area contributed by atoms with Crippen LogP contribution >= 0.6 is 45.8 Å². The summed E-state index contributed by atoms with van der Waals surface area (Å²) >= 11 is 14.3. The summed E-state index contributed by atoms with van der Waals surface area (Å²) in [5, 5.41) is 26.1. The second-order valence-electron chi connectivity index (χ2n) is 20.3. The SMILES string of the molecule is CC1(C)CC(=O)CC(C)(C(=O)O)C1.CC1(C)CC(N)CC(C)(C(=O)Nc2cccc(Cl)c2)C1.CC1(C)CC(O)CC(C)(C(=O)Nc2cccc(Cl)c2)C1.CCC(C)I. The first-order chi connectivity index (χ1) is 26.4. The van der Waals surface area contributed by atoms with Crippen molar-refractivity contribution in [3.63, 3.8) is 0 Å². The van der Waals surface area contributed by atoms with E-state index in [1.54, 1.807) is 37.3 Å². The van der Waals surface area contributed by atoms with E-state index in [-0.39, 0.29) is 46.3 Å². The van der Waals surface area contributed by atoms with Gasteiger partial charge in [0.15, 0.2) is 0 Å². The van der Waals surface area contributed by atoms with Gasteiger partial charge in [-0.25, -0.2) is 0 Å². The molecule has 3 saturated carbocycles. The van der Waals surface area contributed by atoms with Crippen LogP contribution in [0.15, 0.2) is 48.5 Å². The zero-order valence-corrected chi connectivity index (χ0v) is 40.3. The monoisotopic (exact) mass is 957 g/mol. The predicted octanol–water partition coefficient (Wildman–Crippen LogP) is 11.8. The zero-order chi connectivity index (χ0) is 44.5. The number of carboxylic acids is 1. The number of alkyl halides is 1. The van der Waals surface area contributed by atoms with Crippen LogP contribution in [0.25, 0.3) is 0 Å². The van der Waals surface area contributed by atoms with Crippen molar-refractivity contribution in [2.24, 2.45) is 38.2 Å². The summed E-state index contributed by atoms with van der Waals surface area (Å²) in [6.45, 7) is 22.4. The number of aliphatic hydroxyl groups is 1. The molecule has 12 heteroatoms. The molecular formula is C46H70Cl2IN3O6. The average molecular weight is 959 g/mol. The van der Waals surface area contributed by atoms with Crippen molar-refractivity contribution in [3.8, 4) is 0 Å². The van der Waals surface area contributed by atoms with Crippen molar-refractivity contribution in [3.05, 3.63) is 58.6 Å². The molecule has 0 aromatic heterocycles. The molecule has 3 fully saturated rings. The fourth-order valence-corrected chi connectivity index (χ4v) is 9.78. The molecule has 0 heterocycles. The first kappa shape index (κ1) is 51.9. The molecule has 0 saturated heterocycles. The van der Waals surface area contributed by atoms with Gasteiger partial charge in [0.1, 0.15) is 5.78 Å². The second-order valence-corrected chi connectivity index (χ2v) is 23.2. The third-order valence-corrected chi connectivity index (χ3v) is 12.6. The molecule has 6 atom stereocenters. The van der Waals surface area contributed by atoms with Gasteiger partial charge in [-0.1, -0.05) is 127 Å². The summed E-state index contributed by atoms with van der Waals surface area (Å²) in [5.41, 5.74) is 5.65. The van der Waals surface area contributed by atoms with Crippen LogP contribution in [0.1, 0.15) is 140 Å². The fourth-order valence-electron chi connectivity index (χ4n) is 9.40. The summed E-state index contributed by atoms with van der Waals surface area (Å²) in [5.74, 6) is -0.802. The summed E-state index contributed by atoms with van der Waals surface area (Å²) < 4.78 is 0.854. The molecule has 0 spiro atoms. The summed E-state index contributed by atoms with van der Waals surface area (Å²) in [6, 6.07) is 14.4. The Morgan fingerprint density at radius 2 is 1.16 bits per heavy atom. The molecule has 2 aromatic carbocycles. The van der Waals surface area contributed by atoms with E-state index in [1.807, 2.05) is 45.9 Å². The number of Topliss-reactive ketones (excluding diaryl/α,β-unsaturated/α-hetero) is 1. The summed E-state index contributed by atoms with van der Waals surface area (Å²) in [4.78, 5) is 47.5. The Balaban J connectivity index is 0.000000289. The van der Waals surface area contributed by atoms with Crippen molar-refractivity contribution >= 4 is 80.7 Å². The van der Waals surface area contributed by atoms with Gasteiger partial charge in [-0.15, -0.1) is 0 Å². The molecular weight excluding hydrogens is 888 g/mol. The molecule has 326 valence electrons. The number of carbonyl (C=O) groups is 4. The van der Waals surface area contributed by atoms with Crippen molar-refractivity contribution in [2.75, 3.05) is 10.6 Å². The first-order valence-corrected chi connectivity index (χ1v) is 22.4. The molecule has 5 rings (SSSR count). The highest BCUT2D eigenvalue weighted by Crippen LogP contribution is 2.48. The van der Waals surface area contributed by atoms with Gasteiger partial charge in [-0.05, 0) is 111 Å². The van der Waals surface area contributed by atoms with Gasteiger partial charge < -0.3 is 26.6 Å². The Bertz CT molecular complexity index is 1640. The molecule has 3 aliphatic rings. The Kier molecular flexibility index (Phi) is 18.8. The Hall–Kier alpha value is -2.25. The van der Waals surface area contributed by atoms with Crippen LogP contribution in [0.5, 0.6) is 0 Å². The molecule has 0 aliphatic heterocycles. The van der Waals surface area contributed by atoms with E-state index in [9.17, 15) is 24.3 Å². The lowest BCUT2D eigenvalue weighted by Crippen LogP contribution is -2.47. The van der Waals surface area contributed by atoms with Gasteiger partial charge in [-0.2, -0.15) is 0 Å². The highest BCUT2D eigenvalue weighted by molar-refractivity contribution is 14.1. The van der Waals surface area contributed by atoms with Crippen molar-refractivity contribution < 1.29 is 29.4 Å². The van der Waals surface area contributed by atoms with Crippen molar-refractivity contribution in [1.29, 1.82) is 0 Å². The van der Waals surface area contributed by atoms with Crippen LogP contribution in [0.4, 0.5) is 11.4 Å². The van der Waals surface area contributed by atoms with E-state index in [1.165, 1.54) is 6.42 Å². The minimum atomic E-state index is -0.853. The minimum Gasteiger partial charge on any atom is -0.481 e. The summed E-state index contributed by atoms with van der Waals surface area (Å²) in [6.07, 6.45) is 6.70. The number of carboxylic acid groups (broad SMARTS) is 1. The fraction of sp³-hybridized carbons (Fsp3) is 0.652. The third-order valence-electron chi connectivity index (χ3n) is 11.2. The molecule has 0 bridgehead atoms. The van der Waals surface area contributed by atoms with Crippen LogP contribution in [0.2, 0.25) is 10.0 Å². The highest BCUT2D eigenvalue weighted by atomic mass is 127. The van der Waals surface area contributed by atoms with Gasteiger partial charge in [0.05, 0.1) is 11.5 Å². The molecule has 0 radical (unpaired) electrons. The van der Waals surface area contributed by atoms with Gasteiger partial charge in [0.25, 0.3) is 0 Å². The average Bonchev–Trinajstić information content (AvgIpc) is 3.02. The number of rotatable bonds is 6. The number of anilines is 2. The number of hydrogen-bond donors (Lipinski definition) is 5. The van der Waals surface area contributed by atoms with Crippen molar-refractivity contribution in [1.82, 2.24) is 0 Å². The number of benzene rings is 2. The van der Waals surface area contributed by atoms with Crippen molar-refractivity contribution in [2.45, 2.75) is 156 Å². The maximum Gasteiger partial charge on any atom is 0.309 e. The first-order valence-electron chi connectivity index (χ1n) is 20.4. The molecule has 2 aromatic rings. The van der Waals surface area contributed by atoms with E-state index in [0.717, 1.165) is 41.7 Å². The number of halogens is 3. The molecule has 58 heavy (non-hydrogen) atoms. The lowest BCUT2D eigenvalue weighted by Gasteiger charge is -2.44. The van der Waals surface area contributed by atoms with Crippen LogP contribution in [-0.2, 0) is 19.2 Å². The van der Waals surface area contributed by atoms with E-state index in [2.05, 4.69) is 74.8 Å². The lowest BCUT2D eigenvalue weighted by molar-refractivity contribution is -0.155. The number of aliphatic hydroxyl groups excluding tert-OH is 1. The second kappa shape index (κ2) is 21.0. The third kappa shape index (κ3) is 17.0. The quantitative estimate of drug-likeness (QED) is 0.142. The molecule has 9 nitrogen and oxygen atoms in total. The van der Waals surface area contributed by atoms with Crippen LogP contribution in [-0.4, -0.2) is 49.9 Å². The number of aliphatic carboxylic acids is 1. The molecule has 6 N–H and O–H groups in total. The van der Waals surface area contributed by atoms with E-state index < -0.39 is 28.3 Å². The molecule has 3 aliphatic carbocycles. The number of nitrogens with one attached hydrogen (secondary N) is 2. The predicted molar refractivity (Wildman–Crippen MR) is 248 cm³/mol. The standard InChI is InChI=1S/C16H23ClN2O.C16H22ClNO2.C10H16O3.C4H9I/c1-15(2)8-12(18)9-16(3,10-15)14(20)19-13-6-4-5-11(17)7-13;1-15(2)8-13(19)9-16(3,10-15)14(20)18-12-6-4-5-11(17)7-12;1-9(2)4-7(11)5-10(3,6-9)8(12)13;1-3-4(2)5/h4-7,12H,8-10,18H2,1-3H3,(H,19,20);4-7,13,19H,8-10H2,1-3H3,(H,18,20);4-6H2,1-3H3,(H,12,13);4H,3H2,1-2H3. The molecule has 6 unspecified atom stereocenters. The lowest BCUT2D eigenvalue weighted by atomic mass is 9.62. The number of hydrogen-bond acceptors (Lipinski definition) is 6. The maximum atomic E-state index is 12.6. The zero-order valence-electron chi connectivity index (χ0n) is 36.7. The van der Waals surface area contributed by atoms with Gasteiger partial charge in [0, 0.05) is 55.1 Å². The van der Waals surface area contributed by atoms with Crippen LogP contribution < -0.4 is 16.4 Å². The Labute approximate surface area is 371 Å². The van der Waals surface area contributed by atoms with Gasteiger partial charge >= 0.3 is 5.97 Å². The largest absolute Gasteiger partial charge is 0.481 e. The van der Waals surface area contributed by atoms with Gasteiger partial charge in [-0.3, -0.25) is 19.2 Å². The molecule has 2 amide bonds. The Morgan fingerprint density at radius 1 is 0.741 bits per heavy atom.